The summed E-state index contributed by atoms with van der Waals surface area (Å²) < 4.78 is 5.87. The van der Waals surface area contributed by atoms with Gasteiger partial charge in [0, 0.05) is 12.5 Å². The van der Waals surface area contributed by atoms with Crippen LogP contribution in [0.5, 0.6) is 0 Å². The molecule has 0 aromatic rings. The van der Waals surface area contributed by atoms with Crippen LogP contribution < -0.4 is 0 Å². The minimum absolute atomic E-state index is 0.0474. The van der Waals surface area contributed by atoms with Crippen LogP contribution in [0, 0.1) is 39.9 Å². The highest BCUT2D eigenvalue weighted by Crippen LogP contribution is 2.74. The number of hydrogen-bond donors (Lipinski definition) is 3. The zero-order valence-electron chi connectivity index (χ0n) is 23.8. The fourth-order valence-corrected chi connectivity index (χ4v) is 9.79. The number of hydrogen-bond acceptors (Lipinski definition) is 5. The molecule has 0 aromatic heterocycles. The maximum atomic E-state index is 12.6. The number of carbonyl (C=O) groups is 2. The molecule has 4 aliphatic rings. The molecule has 4 aliphatic carbocycles. The Kier molecular flexibility index (Phi) is 7.53. The smallest absolute Gasteiger partial charge is 0.331 e. The maximum absolute atomic E-state index is 12.6. The predicted octanol–water partition coefficient (Wildman–Crippen LogP) is 5.67. The van der Waals surface area contributed by atoms with Gasteiger partial charge in [0.15, 0.2) is 0 Å². The van der Waals surface area contributed by atoms with Gasteiger partial charge in [0.25, 0.3) is 0 Å². The summed E-state index contributed by atoms with van der Waals surface area (Å²) in [6, 6.07) is 0. The first-order chi connectivity index (χ1) is 17.2. The quantitative estimate of drug-likeness (QED) is 0.247. The number of aliphatic hydroxyl groups excluding tert-OH is 2. The lowest BCUT2D eigenvalue weighted by Crippen LogP contribution is -2.65. The van der Waals surface area contributed by atoms with E-state index in [0.29, 0.717) is 37.2 Å². The van der Waals surface area contributed by atoms with Crippen LogP contribution >= 0.6 is 0 Å². The molecule has 4 rings (SSSR count). The lowest BCUT2D eigenvalue weighted by Gasteiger charge is -2.69. The Morgan fingerprint density at radius 1 is 1.03 bits per heavy atom. The molecule has 4 fully saturated rings. The second-order valence-corrected chi connectivity index (χ2v) is 13.6. The van der Waals surface area contributed by atoms with Gasteiger partial charge < -0.3 is 20.1 Å². The number of allylic oxidation sites excluding steroid dienone is 2. The Morgan fingerprint density at radius 2 is 1.70 bits per heavy atom. The first-order valence-corrected chi connectivity index (χ1v) is 14.3. The topological polar surface area (TPSA) is 104 Å². The van der Waals surface area contributed by atoms with Gasteiger partial charge in [0.2, 0.25) is 0 Å². The van der Waals surface area contributed by atoms with Crippen molar-refractivity contribution >= 4 is 11.9 Å². The third-order valence-electron chi connectivity index (χ3n) is 11.6. The molecular weight excluding hydrogens is 468 g/mol. The SMILES string of the molecule is CC(=O)O[C@H]1C[C@@]2(C)C(CC(O)C3[C@@]4(C)CCC(O)C(C)C4CC[C@@]32C)/C1=C(\CCC=C(C)C)C(=O)O. The van der Waals surface area contributed by atoms with Crippen molar-refractivity contribution in [3.63, 3.8) is 0 Å². The van der Waals surface area contributed by atoms with E-state index < -0.39 is 24.1 Å². The average molecular weight is 517 g/mol. The van der Waals surface area contributed by atoms with Crippen LogP contribution in [0.3, 0.4) is 0 Å². The fraction of sp³-hybridized carbons (Fsp3) is 0.806. The zero-order valence-corrected chi connectivity index (χ0v) is 23.8. The van der Waals surface area contributed by atoms with Gasteiger partial charge in [-0.05, 0) is 111 Å². The molecule has 0 radical (unpaired) electrons. The van der Waals surface area contributed by atoms with Crippen molar-refractivity contribution in [1.82, 2.24) is 0 Å². The standard InChI is InChI=1S/C31H48O6/c1-17(2)9-8-10-20(28(35)36)26-22-15-24(34)27-29(5)13-12-23(33)18(3)21(29)11-14-30(27,6)31(22,7)16-25(26)37-19(4)32/h9,18,21-25,27,33-34H,8,10-16H2,1-7H3,(H,35,36)/b26-20-/t18?,21?,22?,23?,24?,25-,27?,29-,30-,31-/m0/s1. The highest BCUT2D eigenvalue weighted by atomic mass is 16.5. The van der Waals surface area contributed by atoms with E-state index in [1.54, 1.807) is 0 Å². The summed E-state index contributed by atoms with van der Waals surface area (Å²) in [6.07, 6.45) is 6.22. The van der Waals surface area contributed by atoms with Crippen molar-refractivity contribution < 1.29 is 29.6 Å². The van der Waals surface area contributed by atoms with Gasteiger partial charge in [-0.1, -0.05) is 39.3 Å². The summed E-state index contributed by atoms with van der Waals surface area (Å²) in [5.74, 6) is -0.909. The van der Waals surface area contributed by atoms with Crippen LogP contribution in [0.25, 0.3) is 0 Å². The molecular formula is C31H48O6. The predicted molar refractivity (Wildman–Crippen MR) is 143 cm³/mol. The molecule has 0 bridgehead atoms. The number of carbonyl (C=O) groups excluding carboxylic acids is 1. The lowest BCUT2D eigenvalue weighted by atomic mass is 9.36. The van der Waals surface area contributed by atoms with Gasteiger partial charge in [-0.3, -0.25) is 4.79 Å². The molecule has 6 nitrogen and oxygen atoms in total. The van der Waals surface area contributed by atoms with Crippen molar-refractivity contribution in [2.75, 3.05) is 0 Å². The number of esters is 1. The van der Waals surface area contributed by atoms with Crippen LogP contribution in [-0.2, 0) is 14.3 Å². The van der Waals surface area contributed by atoms with Crippen molar-refractivity contribution in [3.05, 3.63) is 22.8 Å². The number of aliphatic hydroxyl groups is 2. The van der Waals surface area contributed by atoms with Gasteiger partial charge in [-0.15, -0.1) is 0 Å². The molecule has 0 aliphatic heterocycles. The van der Waals surface area contributed by atoms with Gasteiger partial charge in [0.1, 0.15) is 6.10 Å². The molecule has 3 N–H and O–H groups in total. The average Bonchev–Trinajstić information content (AvgIpc) is 3.05. The first kappa shape index (κ1) is 28.4. The van der Waals surface area contributed by atoms with E-state index >= 15 is 0 Å². The van der Waals surface area contributed by atoms with Crippen molar-refractivity contribution in [2.45, 2.75) is 118 Å². The number of carboxylic acids is 1. The molecule has 37 heavy (non-hydrogen) atoms. The van der Waals surface area contributed by atoms with E-state index in [1.807, 2.05) is 19.9 Å². The van der Waals surface area contributed by atoms with Gasteiger partial charge in [-0.25, -0.2) is 4.79 Å². The highest BCUT2D eigenvalue weighted by Gasteiger charge is 2.70. The lowest BCUT2D eigenvalue weighted by molar-refractivity contribution is -0.234. The van der Waals surface area contributed by atoms with E-state index in [4.69, 9.17) is 4.74 Å². The maximum Gasteiger partial charge on any atom is 0.331 e. The van der Waals surface area contributed by atoms with Gasteiger partial charge in [-0.2, -0.15) is 0 Å². The van der Waals surface area contributed by atoms with Gasteiger partial charge >= 0.3 is 11.9 Å². The van der Waals surface area contributed by atoms with Crippen LogP contribution in [0.4, 0.5) is 0 Å². The van der Waals surface area contributed by atoms with E-state index in [2.05, 4.69) is 27.7 Å². The summed E-state index contributed by atoms with van der Waals surface area (Å²) in [7, 11) is 0. The second-order valence-electron chi connectivity index (χ2n) is 13.6. The molecule has 0 amide bonds. The normalized spacial score (nSPS) is 46.2. The molecule has 10 atom stereocenters. The Bertz CT molecular complexity index is 994. The Balaban J connectivity index is 1.82. The third-order valence-corrected chi connectivity index (χ3v) is 11.6. The molecule has 0 aromatic carbocycles. The summed E-state index contributed by atoms with van der Waals surface area (Å²) in [5.41, 5.74) is 1.57. The number of rotatable bonds is 5. The van der Waals surface area contributed by atoms with Crippen molar-refractivity contribution in [3.8, 4) is 0 Å². The molecule has 208 valence electrons. The van der Waals surface area contributed by atoms with Crippen LogP contribution in [-0.4, -0.2) is 45.6 Å². The van der Waals surface area contributed by atoms with Crippen molar-refractivity contribution in [2.24, 2.45) is 39.9 Å². The molecule has 0 saturated heterocycles. The summed E-state index contributed by atoms with van der Waals surface area (Å²) in [5, 5.41) is 32.9. The van der Waals surface area contributed by atoms with Crippen LogP contribution in [0.1, 0.15) is 99.8 Å². The van der Waals surface area contributed by atoms with Crippen LogP contribution in [0.15, 0.2) is 22.8 Å². The van der Waals surface area contributed by atoms with Crippen LogP contribution in [0.2, 0.25) is 0 Å². The third kappa shape index (κ3) is 4.40. The van der Waals surface area contributed by atoms with Gasteiger partial charge in [0.05, 0.1) is 12.2 Å². The molecule has 6 heteroatoms. The van der Waals surface area contributed by atoms with E-state index in [9.17, 15) is 24.9 Å². The summed E-state index contributed by atoms with van der Waals surface area (Å²) >= 11 is 0. The molecule has 0 spiro atoms. The Labute approximate surface area is 222 Å². The number of ether oxygens (including phenoxy) is 1. The minimum atomic E-state index is -0.953. The minimum Gasteiger partial charge on any atom is -0.478 e. The highest BCUT2D eigenvalue weighted by molar-refractivity contribution is 5.88. The monoisotopic (exact) mass is 516 g/mol. The fourth-order valence-electron chi connectivity index (χ4n) is 9.79. The number of aliphatic carboxylic acids is 1. The molecule has 6 unspecified atom stereocenters. The largest absolute Gasteiger partial charge is 0.478 e. The van der Waals surface area contributed by atoms with Crippen molar-refractivity contribution in [1.29, 1.82) is 0 Å². The first-order valence-electron chi connectivity index (χ1n) is 14.3. The number of carboxylic acid groups (broad SMARTS) is 1. The summed E-state index contributed by atoms with van der Waals surface area (Å²) in [4.78, 5) is 24.8. The van der Waals surface area contributed by atoms with E-state index in [-0.39, 0.29) is 40.1 Å². The molecule has 4 saturated carbocycles. The Hall–Kier alpha value is -1.66. The van der Waals surface area contributed by atoms with E-state index in [1.165, 1.54) is 6.92 Å². The zero-order chi connectivity index (χ0) is 27.5. The van der Waals surface area contributed by atoms with E-state index in [0.717, 1.165) is 36.8 Å². The Morgan fingerprint density at radius 3 is 2.30 bits per heavy atom. The summed E-state index contributed by atoms with van der Waals surface area (Å²) in [6.45, 7) is 14.5. The second kappa shape index (κ2) is 9.82. The number of fused-ring (bicyclic) bond motifs is 5. The molecule has 0 heterocycles.